The number of benzene rings is 1. The maximum Gasteiger partial charge on any atom is 0.220 e. The molecule has 0 unspecified atom stereocenters. The molecule has 1 aromatic carbocycles. The van der Waals surface area contributed by atoms with Gasteiger partial charge in [0.1, 0.15) is 10.4 Å². The van der Waals surface area contributed by atoms with E-state index >= 15 is 0 Å². The van der Waals surface area contributed by atoms with Crippen LogP contribution in [-0.2, 0) is 11.8 Å². The van der Waals surface area contributed by atoms with E-state index in [1.165, 1.54) is 50.6 Å². The van der Waals surface area contributed by atoms with Gasteiger partial charge in [-0.1, -0.05) is 25.0 Å². The van der Waals surface area contributed by atoms with Gasteiger partial charge in [-0.2, -0.15) is 0 Å². The number of likely N-dealkylation sites (tertiary alicyclic amines) is 1. The minimum absolute atomic E-state index is 0.368. The molecule has 0 radical (unpaired) electrons. The van der Waals surface area contributed by atoms with Crippen LogP contribution in [0.15, 0.2) is 41.0 Å². The fourth-order valence-corrected chi connectivity index (χ4v) is 6.13. The average molecular weight is 413 g/mol. The molecule has 1 aliphatic heterocycles. The van der Waals surface area contributed by atoms with Crippen LogP contribution < -0.4 is 4.74 Å². The summed E-state index contributed by atoms with van der Waals surface area (Å²) in [6.45, 7) is 1.22. The van der Waals surface area contributed by atoms with Crippen molar-refractivity contribution in [3.63, 3.8) is 0 Å². The molecule has 3 aliphatic rings. The summed E-state index contributed by atoms with van der Waals surface area (Å²) in [7, 11) is 2.32. The Morgan fingerprint density at radius 1 is 1.19 bits per heavy atom. The number of aromatic nitrogens is 1. The van der Waals surface area contributed by atoms with Crippen LogP contribution in [0, 0.1) is 5.92 Å². The molecule has 0 N–H and O–H groups in total. The Kier molecular flexibility index (Phi) is 4.09. The summed E-state index contributed by atoms with van der Waals surface area (Å²) >= 11 is 3.42. The van der Waals surface area contributed by atoms with E-state index in [9.17, 15) is 0 Å². The van der Waals surface area contributed by atoms with Gasteiger partial charge in [0.05, 0.1) is 0 Å². The molecule has 0 spiro atoms. The van der Waals surface area contributed by atoms with E-state index in [0.29, 0.717) is 11.3 Å². The van der Waals surface area contributed by atoms with Gasteiger partial charge in [0, 0.05) is 17.5 Å². The Bertz CT molecular complexity index is 839. The summed E-state index contributed by atoms with van der Waals surface area (Å²) in [5.41, 5.74) is 3.47. The predicted molar refractivity (Wildman–Crippen MR) is 107 cm³/mol. The lowest BCUT2D eigenvalue weighted by atomic mass is 9.52. The largest absolute Gasteiger partial charge is 0.439 e. The van der Waals surface area contributed by atoms with Crippen LogP contribution in [0.4, 0.5) is 0 Å². The number of pyridine rings is 1. The molecule has 0 amide bonds. The van der Waals surface area contributed by atoms with Crippen molar-refractivity contribution < 1.29 is 4.74 Å². The van der Waals surface area contributed by atoms with Gasteiger partial charge >= 0.3 is 0 Å². The van der Waals surface area contributed by atoms with Crippen LogP contribution >= 0.6 is 15.9 Å². The minimum Gasteiger partial charge on any atom is -0.439 e. The number of ether oxygens (including phenoxy) is 1. The number of hydrogen-bond acceptors (Lipinski definition) is 3. The Morgan fingerprint density at radius 3 is 3.00 bits per heavy atom. The minimum atomic E-state index is 0.368. The molecule has 2 bridgehead atoms. The van der Waals surface area contributed by atoms with Crippen molar-refractivity contribution >= 4 is 15.9 Å². The number of fused-ring (bicyclic) bond motifs is 1. The monoisotopic (exact) mass is 412 g/mol. The highest BCUT2D eigenvalue weighted by Gasteiger charge is 2.53. The number of nitrogens with zero attached hydrogens (tertiary/aromatic N) is 2. The summed E-state index contributed by atoms with van der Waals surface area (Å²) in [6.07, 6.45) is 7.96. The molecule has 3 atom stereocenters. The Hall–Kier alpha value is -1.39. The first-order valence-electron chi connectivity index (χ1n) is 9.80. The van der Waals surface area contributed by atoms with E-state index in [2.05, 4.69) is 51.1 Å². The van der Waals surface area contributed by atoms with Crippen LogP contribution in [0.1, 0.15) is 43.2 Å². The summed E-state index contributed by atoms with van der Waals surface area (Å²) < 4.78 is 6.91. The lowest BCUT2D eigenvalue weighted by molar-refractivity contribution is 0.00276. The molecule has 2 aromatic rings. The summed E-state index contributed by atoms with van der Waals surface area (Å²) in [6, 6.07) is 13.3. The SMILES string of the molecule is CN1CC[C@]23CCCC[C@H]2[C@@H]1Cc1ccc(Oc2cccc(Br)n2)cc13. The summed E-state index contributed by atoms with van der Waals surface area (Å²) in [5.74, 6) is 2.38. The highest BCUT2D eigenvalue weighted by Crippen LogP contribution is 2.56. The van der Waals surface area contributed by atoms with Crippen LogP contribution in [0.2, 0.25) is 0 Å². The third-order valence-corrected chi connectivity index (χ3v) is 7.44. The van der Waals surface area contributed by atoms with Gasteiger partial charge < -0.3 is 9.64 Å². The van der Waals surface area contributed by atoms with Crippen molar-refractivity contribution in [1.29, 1.82) is 0 Å². The Morgan fingerprint density at radius 2 is 2.12 bits per heavy atom. The van der Waals surface area contributed by atoms with Gasteiger partial charge in [-0.05, 0) is 90.4 Å². The highest BCUT2D eigenvalue weighted by atomic mass is 79.9. The zero-order valence-corrected chi connectivity index (χ0v) is 16.8. The maximum atomic E-state index is 6.11. The zero-order chi connectivity index (χ0) is 17.7. The first-order chi connectivity index (χ1) is 12.7. The fourth-order valence-electron chi connectivity index (χ4n) is 5.81. The molecular formula is C22H25BrN2O. The molecule has 136 valence electrons. The van der Waals surface area contributed by atoms with E-state index in [1.54, 1.807) is 5.56 Å². The molecule has 2 fully saturated rings. The Balaban J connectivity index is 1.55. The highest BCUT2D eigenvalue weighted by molar-refractivity contribution is 9.10. The van der Waals surface area contributed by atoms with Crippen molar-refractivity contribution in [2.24, 2.45) is 5.92 Å². The van der Waals surface area contributed by atoms with Gasteiger partial charge in [0.2, 0.25) is 5.88 Å². The zero-order valence-electron chi connectivity index (χ0n) is 15.2. The molecule has 1 saturated carbocycles. The van der Waals surface area contributed by atoms with Crippen molar-refractivity contribution in [3.05, 3.63) is 52.1 Å². The molecule has 2 aliphatic carbocycles. The van der Waals surface area contributed by atoms with Gasteiger partial charge in [-0.25, -0.2) is 4.98 Å². The lowest BCUT2D eigenvalue weighted by Gasteiger charge is -2.58. The first kappa shape index (κ1) is 16.8. The van der Waals surface area contributed by atoms with Crippen molar-refractivity contribution in [2.45, 2.75) is 50.0 Å². The third kappa shape index (κ3) is 2.61. The summed E-state index contributed by atoms with van der Waals surface area (Å²) in [5, 5.41) is 0. The van der Waals surface area contributed by atoms with Crippen molar-refractivity contribution in [1.82, 2.24) is 9.88 Å². The van der Waals surface area contributed by atoms with E-state index in [4.69, 9.17) is 4.74 Å². The van der Waals surface area contributed by atoms with Crippen molar-refractivity contribution in [3.8, 4) is 11.6 Å². The van der Waals surface area contributed by atoms with Crippen molar-refractivity contribution in [2.75, 3.05) is 13.6 Å². The van der Waals surface area contributed by atoms with Gasteiger partial charge in [-0.15, -0.1) is 0 Å². The number of piperidine rings is 1. The normalized spacial score (nSPS) is 30.4. The molecule has 3 nitrogen and oxygen atoms in total. The van der Waals surface area contributed by atoms with E-state index in [1.807, 2.05) is 18.2 Å². The van der Waals surface area contributed by atoms with Gasteiger partial charge in [-0.3, -0.25) is 0 Å². The second-order valence-electron chi connectivity index (χ2n) is 8.23. The topological polar surface area (TPSA) is 25.4 Å². The molecule has 26 heavy (non-hydrogen) atoms. The van der Waals surface area contributed by atoms with E-state index < -0.39 is 0 Å². The lowest BCUT2D eigenvalue weighted by Crippen LogP contribution is -2.59. The first-order valence-corrected chi connectivity index (χ1v) is 10.6. The van der Waals surface area contributed by atoms with Gasteiger partial charge in [0.25, 0.3) is 0 Å². The molecule has 5 rings (SSSR count). The fraction of sp³-hybridized carbons (Fsp3) is 0.500. The van der Waals surface area contributed by atoms with Crippen LogP contribution in [0.5, 0.6) is 11.6 Å². The molecular weight excluding hydrogens is 388 g/mol. The van der Waals surface area contributed by atoms with E-state index in [0.717, 1.165) is 22.3 Å². The quantitative estimate of drug-likeness (QED) is 0.623. The number of likely N-dealkylation sites (N-methyl/N-ethyl adjacent to an activating group) is 1. The van der Waals surface area contributed by atoms with Gasteiger partial charge in [0.15, 0.2) is 0 Å². The van der Waals surface area contributed by atoms with E-state index in [-0.39, 0.29) is 0 Å². The standard InChI is InChI=1S/C22H25BrN2O/c1-25-12-11-22-10-3-2-5-17(22)19(25)13-15-8-9-16(14-18(15)22)26-21-7-4-6-20(23)24-21/h4,6-9,14,17,19H,2-3,5,10-13H2,1H3/t17-,19-,22+/m0/s1. The molecule has 1 saturated heterocycles. The molecule has 2 heterocycles. The second kappa shape index (κ2) is 6.35. The summed E-state index contributed by atoms with van der Waals surface area (Å²) in [4.78, 5) is 7.04. The third-order valence-electron chi connectivity index (χ3n) is 7.00. The predicted octanol–water partition coefficient (Wildman–Crippen LogP) is 5.32. The maximum absolute atomic E-state index is 6.11. The number of rotatable bonds is 2. The molecule has 4 heteroatoms. The second-order valence-corrected chi connectivity index (χ2v) is 9.04. The van der Waals surface area contributed by atoms with Crippen LogP contribution in [-0.4, -0.2) is 29.5 Å². The van der Waals surface area contributed by atoms with Crippen LogP contribution in [0.25, 0.3) is 0 Å². The number of hydrogen-bond donors (Lipinski definition) is 0. The molecule has 1 aromatic heterocycles. The Labute approximate surface area is 163 Å². The smallest absolute Gasteiger partial charge is 0.220 e. The number of halogens is 1. The average Bonchev–Trinajstić information content (AvgIpc) is 2.65. The van der Waals surface area contributed by atoms with Crippen LogP contribution in [0.3, 0.4) is 0 Å².